The van der Waals surface area contributed by atoms with E-state index >= 15 is 0 Å². The summed E-state index contributed by atoms with van der Waals surface area (Å²) in [5.41, 5.74) is 5.32. The predicted molar refractivity (Wildman–Crippen MR) is 80.7 cm³/mol. The number of amides is 1. The van der Waals surface area contributed by atoms with E-state index in [9.17, 15) is 4.79 Å². The minimum atomic E-state index is -0.537. The van der Waals surface area contributed by atoms with Gasteiger partial charge in [-0.2, -0.15) is 11.8 Å². The highest BCUT2D eigenvalue weighted by atomic mass is 32.2. The number of nitrogens with two attached hydrogens (primary N) is 1. The van der Waals surface area contributed by atoms with E-state index in [2.05, 4.69) is 20.8 Å². The maximum atomic E-state index is 12.8. The Labute approximate surface area is 119 Å². The molecule has 1 saturated heterocycles. The van der Waals surface area contributed by atoms with Crippen LogP contribution in [0, 0.1) is 11.3 Å². The smallest absolute Gasteiger partial charge is 0.235 e. The molecule has 2 unspecified atom stereocenters. The summed E-state index contributed by atoms with van der Waals surface area (Å²) in [6, 6.07) is 0.276. The highest BCUT2D eigenvalue weighted by Gasteiger charge is 2.53. The summed E-state index contributed by atoms with van der Waals surface area (Å²) >= 11 is 7.11. The van der Waals surface area contributed by atoms with Crippen molar-refractivity contribution >= 4 is 34.9 Å². The Kier molecular flexibility index (Phi) is 3.93. The average molecular weight is 286 g/mol. The monoisotopic (exact) mass is 286 g/mol. The summed E-state index contributed by atoms with van der Waals surface area (Å²) in [6.07, 6.45) is 1.65. The first-order valence-corrected chi connectivity index (χ1v) is 8.07. The summed E-state index contributed by atoms with van der Waals surface area (Å²) in [7, 11) is 0. The molecule has 2 atom stereocenters. The van der Waals surface area contributed by atoms with Crippen LogP contribution < -0.4 is 5.73 Å². The highest BCUT2D eigenvalue weighted by Crippen LogP contribution is 2.48. The number of hydrogen-bond acceptors (Lipinski definition) is 3. The molecule has 3 nitrogen and oxygen atoms in total. The van der Waals surface area contributed by atoms with Gasteiger partial charge in [-0.25, -0.2) is 0 Å². The van der Waals surface area contributed by atoms with Crippen molar-refractivity contribution in [2.75, 3.05) is 12.3 Å². The summed E-state index contributed by atoms with van der Waals surface area (Å²) < 4.78 is 0. The zero-order valence-corrected chi connectivity index (χ0v) is 12.9. The summed E-state index contributed by atoms with van der Waals surface area (Å²) in [6.45, 7) is 7.30. The van der Waals surface area contributed by atoms with Gasteiger partial charge in [0.15, 0.2) is 0 Å². The van der Waals surface area contributed by atoms with Crippen molar-refractivity contribution in [1.82, 2.24) is 4.90 Å². The van der Waals surface area contributed by atoms with Gasteiger partial charge in [0, 0.05) is 23.6 Å². The first kappa shape index (κ1) is 14.1. The second-order valence-electron chi connectivity index (χ2n) is 5.77. The molecule has 1 aliphatic heterocycles. The fraction of sp³-hybridized carbons (Fsp3) is 0.846. The van der Waals surface area contributed by atoms with Gasteiger partial charge in [-0.15, -0.1) is 0 Å². The molecule has 1 saturated carbocycles. The number of carbonyl (C=O) groups is 1. The Morgan fingerprint density at radius 1 is 1.39 bits per heavy atom. The zero-order valence-electron chi connectivity index (χ0n) is 11.3. The van der Waals surface area contributed by atoms with Gasteiger partial charge >= 0.3 is 0 Å². The van der Waals surface area contributed by atoms with Crippen LogP contribution in [0.5, 0.6) is 0 Å². The molecule has 1 heterocycles. The third-order valence-corrected chi connectivity index (χ3v) is 6.15. The molecule has 2 fully saturated rings. The third kappa shape index (κ3) is 2.16. The Morgan fingerprint density at radius 3 is 2.50 bits per heavy atom. The van der Waals surface area contributed by atoms with Gasteiger partial charge in [-0.05, 0) is 25.7 Å². The van der Waals surface area contributed by atoms with Crippen LogP contribution in [-0.4, -0.2) is 39.4 Å². The molecule has 2 rings (SSSR count). The lowest BCUT2D eigenvalue weighted by Gasteiger charge is -2.49. The molecule has 2 aliphatic rings. The van der Waals surface area contributed by atoms with Crippen LogP contribution >= 0.6 is 24.0 Å². The first-order valence-electron chi connectivity index (χ1n) is 6.61. The minimum absolute atomic E-state index is 0.174. The van der Waals surface area contributed by atoms with Crippen LogP contribution in [0.15, 0.2) is 0 Å². The second-order valence-corrected chi connectivity index (χ2v) is 7.70. The van der Waals surface area contributed by atoms with Gasteiger partial charge in [0.05, 0.1) is 10.4 Å². The van der Waals surface area contributed by atoms with Gasteiger partial charge in [0.2, 0.25) is 5.91 Å². The lowest BCUT2D eigenvalue weighted by atomic mass is 9.61. The van der Waals surface area contributed by atoms with E-state index in [0.717, 1.165) is 25.1 Å². The number of carbonyl (C=O) groups excluding carboxylic acids is 1. The average Bonchev–Trinajstić information content (AvgIpc) is 2.27. The fourth-order valence-electron chi connectivity index (χ4n) is 3.11. The Hall–Kier alpha value is -0.290. The van der Waals surface area contributed by atoms with Crippen molar-refractivity contribution in [3.63, 3.8) is 0 Å². The van der Waals surface area contributed by atoms with E-state index in [1.54, 1.807) is 0 Å². The molecular weight excluding hydrogens is 264 g/mol. The van der Waals surface area contributed by atoms with Gasteiger partial charge in [0.25, 0.3) is 0 Å². The molecule has 102 valence electrons. The van der Waals surface area contributed by atoms with E-state index in [-0.39, 0.29) is 11.9 Å². The molecule has 18 heavy (non-hydrogen) atoms. The molecular formula is C13H22N2OS2. The molecule has 1 aliphatic carbocycles. The van der Waals surface area contributed by atoms with E-state index in [1.165, 1.54) is 0 Å². The topological polar surface area (TPSA) is 46.3 Å². The molecule has 0 bridgehead atoms. The molecule has 0 aromatic rings. The largest absolute Gasteiger partial charge is 0.392 e. The third-order valence-electron chi connectivity index (χ3n) is 4.42. The number of thioether (sulfide) groups is 1. The summed E-state index contributed by atoms with van der Waals surface area (Å²) in [5.74, 6) is 1.75. The minimum Gasteiger partial charge on any atom is -0.392 e. The fourth-order valence-corrected chi connectivity index (χ4v) is 4.46. The van der Waals surface area contributed by atoms with Crippen molar-refractivity contribution in [1.29, 1.82) is 0 Å². The number of rotatable bonds is 2. The Morgan fingerprint density at radius 2 is 2.00 bits per heavy atom. The van der Waals surface area contributed by atoms with Crippen molar-refractivity contribution in [2.45, 2.75) is 44.9 Å². The number of nitrogens with zero attached hydrogens (tertiary/aromatic N) is 1. The quantitative estimate of drug-likeness (QED) is 0.789. The van der Waals surface area contributed by atoms with Crippen LogP contribution in [0.1, 0.15) is 33.6 Å². The SMILES string of the molecule is CC1CC(C(=O)N2CCSC(C)C2C)(C(N)=S)C1. The Balaban J connectivity index is 2.17. The number of hydrogen-bond donors (Lipinski definition) is 1. The maximum absolute atomic E-state index is 12.8. The maximum Gasteiger partial charge on any atom is 0.235 e. The molecule has 1 amide bonds. The summed E-state index contributed by atoms with van der Waals surface area (Å²) in [5, 5.41) is 0.489. The second kappa shape index (κ2) is 5.00. The normalized spacial score (nSPS) is 40.2. The molecule has 5 heteroatoms. The van der Waals surface area contributed by atoms with E-state index in [4.69, 9.17) is 18.0 Å². The van der Waals surface area contributed by atoms with Crippen molar-refractivity contribution < 1.29 is 4.79 Å². The zero-order chi connectivity index (χ0) is 13.5. The van der Waals surface area contributed by atoms with Crippen LogP contribution in [0.25, 0.3) is 0 Å². The molecule has 2 N–H and O–H groups in total. The lowest BCUT2D eigenvalue weighted by Crippen LogP contribution is -2.61. The van der Waals surface area contributed by atoms with E-state index in [0.29, 0.717) is 16.2 Å². The van der Waals surface area contributed by atoms with Crippen LogP contribution in [-0.2, 0) is 4.79 Å². The number of thiocarbonyl (C=S) groups is 1. The van der Waals surface area contributed by atoms with Gasteiger partial charge in [0.1, 0.15) is 0 Å². The standard InChI is InChI=1S/C13H22N2OS2/c1-8-6-13(7-8,11(14)17)12(16)15-4-5-18-10(3)9(15)2/h8-10H,4-7H2,1-3H3,(H2,14,17). The van der Waals surface area contributed by atoms with Crippen LogP contribution in [0.2, 0.25) is 0 Å². The lowest BCUT2D eigenvalue weighted by molar-refractivity contribution is -0.146. The molecule has 0 aromatic heterocycles. The first-order chi connectivity index (χ1) is 8.38. The van der Waals surface area contributed by atoms with Crippen LogP contribution in [0.3, 0.4) is 0 Å². The van der Waals surface area contributed by atoms with Crippen molar-refractivity contribution in [2.24, 2.45) is 17.1 Å². The molecule has 0 radical (unpaired) electrons. The van der Waals surface area contributed by atoms with E-state index in [1.807, 2.05) is 16.7 Å². The molecule has 0 spiro atoms. The highest BCUT2D eigenvalue weighted by molar-refractivity contribution is 8.00. The van der Waals surface area contributed by atoms with Crippen molar-refractivity contribution in [3.8, 4) is 0 Å². The van der Waals surface area contributed by atoms with Gasteiger partial charge < -0.3 is 10.6 Å². The van der Waals surface area contributed by atoms with Crippen molar-refractivity contribution in [3.05, 3.63) is 0 Å². The van der Waals surface area contributed by atoms with Gasteiger partial charge in [-0.3, -0.25) is 4.79 Å². The summed E-state index contributed by atoms with van der Waals surface area (Å²) in [4.78, 5) is 15.2. The van der Waals surface area contributed by atoms with Crippen LogP contribution in [0.4, 0.5) is 0 Å². The molecule has 0 aromatic carbocycles. The van der Waals surface area contributed by atoms with E-state index < -0.39 is 5.41 Å². The van der Waals surface area contributed by atoms with Gasteiger partial charge in [-0.1, -0.05) is 26.1 Å². The predicted octanol–water partition coefficient (Wildman–Crippen LogP) is 2.04. The Bertz CT molecular complexity index is 366.